The molecule has 5 rings (SSSR count). The van der Waals surface area contributed by atoms with Crippen molar-refractivity contribution in [3.05, 3.63) is 39.7 Å². The molecule has 3 aromatic heterocycles. The van der Waals surface area contributed by atoms with Gasteiger partial charge in [0.1, 0.15) is 4.83 Å². The topological polar surface area (TPSA) is 81.4 Å². The number of hydrogen-bond donors (Lipinski definition) is 1. The van der Waals surface area contributed by atoms with Crippen LogP contribution >= 0.6 is 46.5 Å². The van der Waals surface area contributed by atoms with Crippen molar-refractivity contribution in [1.82, 2.24) is 19.6 Å². The number of nitrogens with zero attached hydrogens (tertiary/aromatic N) is 4. The summed E-state index contributed by atoms with van der Waals surface area (Å²) in [7, 11) is 0. The van der Waals surface area contributed by atoms with E-state index >= 15 is 0 Å². The number of thioether (sulfide) groups is 2. The fraction of sp³-hybridized carbons (Fsp3) is 0.417. The normalized spacial score (nSPS) is 17.7. The first-order chi connectivity index (χ1) is 16.9. The average Bonchev–Trinajstić information content (AvgIpc) is 3.43. The second-order valence-corrected chi connectivity index (χ2v) is 12.2. The monoisotopic (exact) mass is 547 g/mol. The average molecular weight is 548 g/mol. The summed E-state index contributed by atoms with van der Waals surface area (Å²) < 4.78 is 8.20. The van der Waals surface area contributed by atoms with Crippen LogP contribution in [-0.4, -0.2) is 42.6 Å². The first-order valence-electron chi connectivity index (χ1n) is 11.5. The van der Waals surface area contributed by atoms with Gasteiger partial charge in [-0.05, 0) is 49.6 Å². The number of hydrogen-bond acceptors (Lipinski definition) is 8. The minimum Gasteiger partial charge on any atom is -0.369 e. The zero-order valence-electron chi connectivity index (χ0n) is 19.8. The van der Waals surface area contributed by atoms with Gasteiger partial charge in [-0.15, -0.1) is 21.5 Å². The van der Waals surface area contributed by atoms with E-state index in [1.807, 2.05) is 4.40 Å². The van der Waals surface area contributed by atoms with Crippen molar-refractivity contribution < 1.29 is 9.53 Å². The Morgan fingerprint density at radius 3 is 2.77 bits per heavy atom. The molecule has 1 aromatic carbocycles. The Balaban J connectivity index is 1.48. The molecule has 0 radical (unpaired) electrons. The smallest absolute Gasteiger partial charge is 0.234 e. The van der Waals surface area contributed by atoms with Gasteiger partial charge < -0.3 is 10.1 Å². The van der Waals surface area contributed by atoms with E-state index < -0.39 is 0 Å². The number of ether oxygens (including phenoxy) is 1. The molecule has 0 fully saturated rings. The van der Waals surface area contributed by atoms with Crippen molar-refractivity contribution in [2.45, 2.75) is 62.6 Å². The van der Waals surface area contributed by atoms with Crippen LogP contribution in [0.15, 0.2) is 34.6 Å². The minimum atomic E-state index is -0.190. The Labute approximate surface area is 221 Å². The summed E-state index contributed by atoms with van der Waals surface area (Å²) in [4.78, 5) is 19.8. The van der Waals surface area contributed by atoms with Crippen LogP contribution in [0.4, 0.5) is 5.69 Å². The maximum absolute atomic E-state index is 12.6. The summed E-state index contributed by atoms with van der Waals surface area (Å²) in [6.07, 6.45) is 2.80. The lowest BCUT2D eigenvalue weighted by Gasteiger charge is -2.33. The Morgan fingerprint density at radius 2 is 2.03 bits per heavy atom. The van der Waals surface area contributed by atoms with Crippen LogP contribution in [0.2, 0.25) is 5.02 Å². The van der Waals surface area contributed by atoms with Crippen molar-refractivity contribution in [3.63, 3.8) is 0 Å². The summed E-state index contributed by atoms with van der Waals surface area (Å²) in [6.45, 7) is 7.08. The van der Waals surface area contributed by atoms with Crippen LogP contribution in [0.3, 0.4) is 0 Å². The van der Waals surface area contributed by atoms with Gasteiger partial charge >= 0.3 is 0 Å². The third-order valence-corrected chi connectivity index (χ3v) is 9.49. The van der Waals surface area contributed by atoms with Crippen LogP contribution < -0.4 is 5.32 Å². The summed E-state index contributed by atoms with van der Waals surface area (Å²) in [5.41, 5.74) is 2.60. The molecule has 0 spiro atoms. The van der Waals surface area contributed by atoms with E-state index in [1.54, 1.807) is 47.4 Å². The number of carbonyl (C=O) groups excluding carboxylic acids is 1. The molecule has 4 heterocycles. The molecule has 1 aliphatic heterocycles. The van der Waals surface area contributed by atoms with Gasteiger partial charge in [0, 0.05) is 27.8 Å². The molecule has 11 heteroatoms. The van der Waals surface area contributed by atoms with Gasteiger partial charge in [-0.25, -0.2) is 9.38 Å². The lowest BCUT2D eigenvalue weighted by Crippen LogP contribution is -2.33. The molecule has 184 valence electrons. The molecule has 1 N–H and O–H groups in total. The minimum absolute atomic E-state index is 0.116. The number of carbonyl (C=O) groups is 1. The Morgan fingerprint density at radius 1 is 1.23 bits per heavy atom. The highest BCUT2D eigenvalue weighted by atomic mass is 35.5. The van der Waals surface area contributed by atoms with Gasteiger partial charge in [0.2, 0.25) is 5.91 Å². The highest BCUT2D eigenvalue weighted by Gasteiger charge is 2.33. The van der Waals surface area contributed by atoms with E-state index in [0.717, 1.165) is 46.0 Å². The summed E-state index contributed by atoms with van der Waals surface area (Å²) in [6, 6.07) is 7.07. The fourth-order valence-corrected chi connectivity index (χ4v) is 6.90. The number of thiophene rings is 1. The van der Waals surface area contributed by atoms with Gasteiger partial charge in [-0.3, -0.25) is 4.79 Å². The van der Waals surface area contributed by atoms with Crippen molar-refractivity contribution in [2.24, 2.45) is 0 Å². The molecule has 7 nitrogen and oxygen atoms in total. The predicted molar refractivity (Wildman–Crippen MR) is 145 cm³/mol. The highest BCUT2D eigenvalue weighted by molar-refractivity contribution is 8.00. The van der Waals surface area contributed by atoms with Crippen molar-refractivity contribution in [3.8, 4) is 0 Å². The quantitative estimate of drug-likeness (QED) is 0.200. The number of anilines is 1. The second kappa shape index (κ2) is 10.3. The molecule has 4 aromatic rings. The lowest BCUT2D eigenvalue weighted by molar-refractivity contribution is -0.113. The second-order valence-electron chi connectivity index (χ2n) is 8.68. The molecule has 0 aliphatic carbocycles. The summed E-state index contributed by atoms with van der Waals surface area (Å²) in [5.74, 6) is 1.03. The Hall–Kier alpha value is -1.85. The van der Waals surface area contributed by atoms with Crippen LogP contribution in [0, 0.1) is 0 Å². The number of amides is 1. The van der Waals surface area contributed by atoms with E-state index in [-0.39, 0.29) is 17.3 Å². The molecule has 0 bridgehead atoms. The van der Waals surface area contributed by atoms with Gasteiger partial charge in [0.05, 0.1) is 23.3 Å². The summed E-state index contributed by atoms with van der Waals surface area (Å²) in [5, 5.41) is 15.2. The van der Waals surface area contributed by atoms with Gasteiger partial charge in [-0.2, -0.15) is 0 Å². The maximum Gasteiger partial charge on any atom is 0.234 e. The molecule has 0 saturated heterocycles. The van der Waals surface area contributed by atoms with E-state index in [0.29, 0.717) is 22.5 Å². The van der Waals surface area contributed by atoms with Gasteiger partial charge in [0.15, 0.2) is 16.0 Å². The SMILES string of the molecule is CCCSc1nc2sc3c(c2c2nnc(SCC(=O)Nc4ccc(Cl)cc4)n12)CC(C)(CC)OC3. The first kappa shape index (κ1) is 24.8. The number of rotatable bonds is 8. The van der Waals surface area contributed by atoms with Gasteiger partial charge in [-0.1, -0.05) is 49.0 Å². The van der Waals surface area contributed by atoms with E-state index in [4.69, 9.17) is 21.3 Å². The van der Waals surface area contributed by atoms with E-state index in [1.165, 1.54) is 22.2 Å². The molecular weight excluding hydrogens is 522 g/mol. The van der Waals surface area contributed by atoms with Crippen LogP contribution in [-0.2, 0) is 22.6 Å². The number of halogens is 1. The first-order valence-corrected chi connectivity index (χ1v) is 14.7. The number of aromatic nitrogens is 4. The molecule has 1 amide bonds. The van der Waals surface area contributed by atoms with E-state index in [2.05, 4.69) is 36.3 Å². The van der Waals surface area contributed by atoms with Crippen LogP contribution in [0.25, 0.3) is 15.9 Å². The molecular formula is C24H26ClN5O2S3. The summed E-state index contributed by atoms with van der Waals surface area (Å²) >= 11 is 10.7. The molecule has 0 saturated carbocycles. The lowest BCUT2D eigenvalue weighted by atomic mass is 9.90. The zero-order chi connectivity index (χ0) is 24.6. The molecule has 1 atom stereocenters. The fourth-order valence-electron chi connectivity index (χ4n) is 3.99. The number of nitrogens with one attached hydrogen (secondary N) is 1. The molecule has 1 aliphatic rings. The van der Waals surface area contributed by atoms with Crippen LogP contribution in [0.1, 0.15) is 44.1 Å². The van der Waals surface area contributed by atoms with E-state index in [9.17, 15) is 4.79 Å². The largest absolute Gasteiger partial charge is 0.369 e. The maximum atomic E-state index is 12.6. The van der Waals surface area contributed by atoms with Crippen LogP contribution in [0.5, 0.6) is 0 Å². The van der Waals surface area contributed by atoms with Crippen molar-refractivity contribution in [1.29, 1.82) is 0 Å². The molecule has 1 unspecified atom stereocenters. The third-order valence-electron chi connectivity index (χ3n) is 6.06. The Bertz CT molecular complexity index is 1390. The standard InChI is InChI=1S/C24H26ClN5O2S3/c1-4-10-33-22-27-21-19(16-11-24(3,5-2)32-12-17(16)35-21)20-28-29-23(30(20)22)34-13-18(31)26-15-8-6-14(25)7-9-15/h6-9H,4-5,10-13H2,1-3H3,(H,26,31). The predicted octanol–water partition coefficient (Wildman–Crippen LogP) is 6.47. The highest BCUT2D eigenvalue weighted by Crippen LogP contribution is 2.42. The van der Waals surface area contributed by atoms with Crippen molar-refractivity contribution in [2.75, 3.05) is 16.8 Å². The van der Waals surface area contributed by atoms with Gasteiger partial charge in [0.25, 0.3) is 0 Å². The van der Waals surface area contributed by atoms with Crippen molar-refractivity contribution >= 4 is 73.9 Å². The zero-order valence-corrected chi connectivity index (χ0v) is 23.0. The Kier molecular flexibility index (Phi) is 7.28. The number of fused-ring (bicyclic) bond motifs is 5. The number of benzene rings is 1. The molecule has 35 heavy (non-hydrogen) atoms. The third kappa shape index (κ3) is 5.04.